The van der Waals surface area contributed by atoms with E-state index in [4.69, 9.17) is 4.74 Å². The van der Waals surface area contributed by atoms with Gasteiger partial charge in [0.15, 0.2) is 5.75 Å². The molecule has 0 aliphatic carbocycles. The van der Waals surface area contributed by atoms with Crippen molar-refractivity contribution in [3.05, 3.63) is 44.7 Å². The topological polar surface area (TPSA) is 66.8 Å². The van der Waals surface area contributed by atoms with Gasteiger partial charge in [-0.2, -0.15) is 0 Å². The number of nitrogens with zero attached hydrogens (tertiary/aromatic N) is 1. The molecule has 0 aromatic heterocycles. The lowest BCUT2D eigenvalue weighted by molar-refractivity contribution is 0.334. The zero-order valence-corrected chi connectivity index (χ0v) is 10.1. The molecule has 0 atom stereocenters. The lowest BCUT2D eigenvalue weighted by Crippen LogP contribution is -2.38. The largest absolute Gasteiger partial charge is 0.508 e. The number of benzene rings is 1. The van der Waals surface area contributed by atoms with Gasteiger partial charge >= 0.3 is 0 Å². The van der Waals surface area contributed by atoms with E-state index < -0.39 is 10.9 Å². The molecule has 0 saturated heterocycles. The van der Waals surface area contributed by atoms with E-state index >= 15 is 0 Å². The van der Waals surface area contributed by atoms with Gasteiger partial charge in [0, 0.05) is 12.7 Å². The fourth-order valence-corrected chi connectivity index (χ4v) is 1.75. The first-order valence-electron chi connectivity index (χ1n) is 5.55. The summed E-state index contributed by atoms with van der Waals surface area (Å²) in [7, 11) is 1.67. The zero-order chi connectivity index (χ0) is 13.3. The Morgan fingerprint density at radius 3 is 2.33 bits per heavy atom. The number of phenolic OH excluding ortho intramolecular Hbond substituents is 1. The van der Waals surface area contributed by atoms with E-state index in [9.17, 15) is 14.7 Å². The minimum Gasteiger partial charge on any atom is -0.508 e. The Morgan fingerprint density at radius 1 is 1.17 bits per heavy atom. The Kier molecular flexibility index (Phi) is 3.06. The lowest BCUT2D eigenvalue weighted by Gasteiger charge is -2.22. The lowest BCUT2D eigenvalue weighted by atomic mass is 10.1. The van der Waals surface area contributed by atoms with E-state index in [2.05, 4.69) is 0 Å². The van der Waals surface area contributed by atoms with Gasteiger partial charge in [0.25, 0.3) is 10.9 Å². The molecule has 0 heterocycles. The van der Waals surface area contributed by atoms with E-state index in [-0.39, 0.29) is 17.2 Å². The van der Waals surface area contributed by atoms with Gasteiger partial charge in [-0.05, 0) is 31.2 Å². The molecule has 0 aliphatic rings. The normalized spacial score (nSPS) is 10.6. The fraction of sp³-hybridized carbons (Fsp3) is 0.231. The monoisotopic (exact) mass is 247 g/mol. The first-order valence-corrected chi connectivity index (χ1v) is 5.55. The van der Waals surface area contributed by atoms with Gasteiger partial charge in [0.05, 0.1) is 6.61 Å². The van der Waals surface area contributed by atoms with Gasteiger partial charge in [0.1, 0.15) is 11.4 Å². The second kappa shape index (κ2) is 4.52. The molecule has 1 N–H and O–H groups in total. The van der Waals surface area contributed by atoms with E-state index in [0.29, 0.717) is 12.3 Å². The SMILES string of the molecule is CCOc1c(N(C)c2ccc(O)cc2)c(=O)c1=O. The summed E-state index contributed by atoms with van der Waals surface area (Å²) in [5.74, 6) is 0.250. The summed E-state index contributed by atoms with van der Waals surface area (Å²) in [5, 5.41) is 9.20. The summed E-state index contributed by atoms with van der Waals surface area (Å²) in [4.78, 5) is 24.5. The summed E-state index contributed by atoms with van der Waals surface area (Å²) < 4.78 is 5.16. The number of anilines is 2. The fourth-order valence-electron chi connectivity index (χ4n) is 1.75. The maximum absolute atomic E-state index is 11.6. The molecule has 0 saturated carbocycles. The average molecular weight is 247 g/mol. The van der Waals surface area contributed by atoms with Crippen LogP contribution in [-0.2, 0) is 0 Å². The Hall–Kier alpha value is -2.30. The van der Waals surface area contributed by atoms with Crippen molar-refractivity contribution in [2.75, 3.05) is 18.6 Å². The molecule has 0 unspecified atom stereocenters. The summed E-state index contributed by atoms with van der Waals surface area (Å²) in [6.07, 6.45) is 0. The van der Waals surface area contributed by atoms with Crippen LogP contribution in [0, 0.1) is 0 Å². The van der Waals surface area contributed by atoms with Gasteiger partial charge < -0.3 is 14.7 Å². The molecule has 0 radical (unpaired) electrons. The molecule has 2 aromatic carbocycles. The molecule has 0 bridgehead atoms. The third-order valence-electron chi connectivity index (χ3n) is 2.70. The van der Waals surface area contributed by atoms with Crippen LogP contribution in [0.1, 0.15) is 6.92 Å². The first kappa shape index (κ1) is 12.2. The molecular formula is C13H13NO4. The van der Waals surface area contributed by atoms with Crippen LogP contribution in [0.4, 0.5) is 11.4 Å². The van der Waals surface area contributed by atoms with Crippen molar-refractivity contribution >= 4 is 11.4 Å². The van der Waals surface area contributed by atoms with E-state index in [1.54, 1.807) is 31.0 Å². The smallest absolute Gasteiger partial charge is 0.272 e. The van der Waals surface area contributed by atoms with Gasteiger partial charge in [0.2, 0.25) is 0 Å². The first-order chi connectivity index (χ1) is 8.56. The quantitative estimate of drug-likeness (QED) is 0.821. The summed E-state index contributed by atoms with van der Waals surface area (Å²) in [6, 6.07) is 6.33. The van der Waals surface area contributed by atoms with Crippen LogP contribution in [0.15, 0.2) is 33.9 Å². The highest BCUT2D eigenvalue weighted by atomic mass is 16.5. The third kappa shape index (κ3) is 1.84. The molecule has 18 heavy (non-hydrogen) atoms. The van der Waals surface area contributed by atoms with Crippen LogP contribution < -0.4 is 20.5 Å². The Bertz CT molecular complexity index is 623. The van der Waals surface area contributed by atoms with E-state index in [0.717, 1.165) is 0 Å². The maximum Gasteiger partial charge on any atom is 0.272 e. The Balaban J connectivity index is 2.37. The van der Waals surface area contributed by atoms with Gasteiger partial charge in [-0.25, -0.2) is 0 Å². The van der Waals surface area contributed by atoms with Crippen LogP contribution >= 0.6 is 0 Å². The Morgan fingerprint density at radius 2 is 1.78 bits per heavy atom. The van der Waals surface area contributed by atoms with Crippen LogP contribution in [0.2, 0.25) is 0 Å². The molecule has 0 aliphatic heterocycles. The van der Waals surface area contributed by atoms with Gasteiger partial charge in [-0.1, -0.05) is 0 Å². The molecule has 0 fully saturated rings. The number of ether oxygens (including phenoxy) is 1. The highest BCUT2D eigenvalue weighted by Gasteiger charge is 2.26. The highest BCUT2D eigenvalue weighted by Crippen LogP contribution is 2.29. The summed E-state index contributed by atoms with van der Waals surface area (Å²) in [5.41, 5.74) is -0.181. The van der Waals surface area contributed by atoms with Crippen molar-refractivity contribution in [3.63, 3.8) is 0 Å². The third-order valence-corrected chi connectivity index (χ3v) is 2.70. The minimum absolute atomic E-state index is 0.109. The average Bonchev–Trinajstić information content (AvgIpc) is 2.38. The number of rotatable bonds is 4. The minimum atomic E-state index is -0.586. The number of phenols is 1. The molecule has 2 rings (SSSR count). The van der Waals surface area contributed by atoms with Crippen molar-refractivity contribution in [2.24, 2.45) is 0 Å². The second-order valence-electron chi connectivity index (χ2n) is 3.84. The van der Waals surface area contributed by atoms with Crippen molar-refractivity contribution in [2.45, 2.75) is 6.92 Å². The van der Waals surface area contributed by atoms with E-state index in [1.807, 2.05) is 0 Å². The predicted octanol–water partition coefficient (Wildman–Crippen LogP) is 1.15. The predicted molar refractivity (Wildman–Crippen MR) is 68.7 cm³/mol. The number of hydrogen-bond donors (Lipinski definition) is 1. The van der Waals surface area contributed by atoms with Crippen molar-refractivity contribution in [1.29, 1.82) is 0 Å². The zero-order valence-electron chi connectivity index (χ0n) is 10.1. The van der Waals surface area contributed by atoms with Gasteiger partial charge in [-0.3, -0.25) is 9.59 Å². The Labute approximate surface area is 104 Å². The van der Waals surface area contributed by atoms with Crippen LogP contribution in [-0.4, -0.2) is 18.8 Å². The molecule has 94 valence electrons. The molecule has 2 aromatic rings. The van der Waals surface area contributed by atoms with Crippen LogP contribution in [0.25, 0.3) is 0 Å². The highest BCUT2D eigenvalue weighted by molar-refractivity contribution is 5.72. The van der Waals surface area contributed by atoms with E-state index in [1.165, 1.54) is 12.1 Å². The second-order valence-corrected chi connectivity index (χ2v) is 3.84. The van der Waals surface area contributed by atoms with Crippen LogP contribution in [0.5, 0.6) is 11.5 Å². The summed E-state index contributed by atoms with van der Waals surface area (Å²) in [6.45, 7) is 2.09. The van der Waals surface area contributed by atoms with Crippen molar-refractivity contribution in [3.8, 4) is 11.5 Å². The van der Waals surface area contributed by atoms with Crippen LogP contribution in [0.3, 0.4) is 0 Å². The number of hydrogen-bond acceptors (Lipinski definition) is 5. The van der Waals surface area contributed by atoms with Gasteiger partial charge in [-0.15, -0.1) is 0 Å². The molecular weight excluding hydrogens is 234 g/mol. The molecule has 0 amide bonds. The summed E-state index contributed by atoms with van der Waals surface area (Å²) >= 11 is 0. The molecule has 5 nitrogen and oxygen atoms in total. The standard InChI is InChI=1S/C13H13NO4/c1-3-18-13-10(11(16)12(13)17)14(2)8-4-6-9(15)7-5-8/h4-7,15H,3H2,1-2H3. The maximum atomic E-state index is 11.6. The van der Waals surface area contributed by atoms with Crippen molar-refractivity contribution in [1.82, 2.24) is 0 Å². The molecule has 0 spiro atoms. The number of aromatic hydroxyl groups is 1. The van der Waals surface area contributed by atoms with Crippen molar-refractivity contribution < 1.29 is 9.84 Å². The molecule has 5 heteroatoms.